The Hall–Kier alpha value is -3.39. The van der Waals surface area contributed by atoms with Crippen LogP contribution in [0.25, 0.3) is 0 Å². The van der Waals surface area contributed by atoms with Gasteiger partial charge in [-0.3, -0.25) is 4.79 Å². The summed E-state index contributed by atoms with van der Waals surface area (Å²) in [6, 6.07) is 11.0. The van der Waals surface area contributed by atoms with Crippen molar-refractivity contribution >= 4 is 34.7 Å². The number of carboxylic acids is 1. The van der Waals surface area contributed by atoms with Gasteiger partial charge in [-0.2, -0.15) is 5.10 Å². The second-order valence-corrected chi connectivity index (χ2v) is 7.27. The van der Waals surface area contributed by atoms with Crippen LogP contribution in [-0.4, -0.2) is 26.8 Å². The molecule has 4 rings (SSSR count). The molecule has 0 fully saturated rings. The molecule has 7 nitrogen and oxygen atoms in total. The molecule has 0 spiro atoms. The molecule has 0 unspecified atom stereocenters. The number of nitrogens with one attached hydrogen (secondary N) is 2. The summed E-state index contributed by atoms with van der Waals surface area (Å²) in [7, 11) is 0. The summed E-state index contributed by atoms with van der Waals surface area (Å²) in [6.07, 6.45) is 3.85. The van der Waals surface area contributed by atoms with Gasteiger partial charge in [0.05, 0.1) is 6.20 Å². The molecule has 8 heteroatoms. The standard InChI is InChI=1S/C20H18N4O3S/c1-2-12-6-3-4-7-14(12)23-19(25)13-11-21-24-16(17-8-5-9-28-17)10-15(20(26)27)22-18(13)24/h3-11,16,22H,2H2,1H3,(H,23,25)(H,26,27)/t16-/m0/s1. The van der Waals surface area contributed by atoms with Gasteiger partial charge in [0.1, 0.15) is 23.1 Å². The Balaban J connectivity index is 1.71. The Morgan fingerprint density at radius 3 is 2.82 bits per heavy atom. The molecule has 3 aromatic rings. The summed E-state index contributed by atoms with van der Waals surface area (Å²) >= 11 is 1.51. The Labute approximate surface area is 165 Å². The van der Waals surface area contributed by atoms with Crippen molar-refractivity contribution in [1.29, 1.82) is 0 Å². The van der Waals surface area contributed by atoms with Crippen molar-refractivity contribution in [1.82, 2.24) is 9.78 Å². The van der Waals surface area contributed by atoms with Crippen LogP contribution in [-0.2, 0) is 11.2 Å². The highest BCUT2D eigenvalue weighted by Gasteiger charge is 2.30. The first kappa shape index (κ1) is 18.0. The van der Waals surface area contributed by atoms with Gasteiger partial charge in [-0.15, -0.1) is 11.3 Å². The Bertz CT molecular complexity index is 1070. The van der Waals surface area contributed by atoms with E-state index in [0.29, 0.717) is 11.4 Å². The summed E-state index contributed by atoms with van der Waals surface area (Å²) < 4.78 is 1.64. The summed E-state index contributed by atoms with van der Waals surface area (Å²) in [6.45, 7) is 2.02. The molecule has 1 aromatic carbocycles. The molecule has 1 aliphatic rings. The fraction of sp³-hybridized carbons (Fsp3) is 0.150. The van der Waals surface area contributed by atoms with Gasteiger partial charge in [-0.25, -0.2) is 9.48 Å². The van der Waals surface area contributed by atoms with Crippen LogP contribution in [0.3, 0.4) is 0 Å². The van der Waals surface area contributed by atoms with Crippen LogP contribution in [0.15, 0.2) is 59.7 Å². The number of hydrogen-bond donors (Lipinski definition) is 3. The number of para-hydroxylation sites is 1. The number of aliphatic carboxylic acids is 1. The zero-order valence-corrected chi connectivity index (χ0v) is 15.9. The molecular weight excluding hydrogens is 376 g/mol. The molecule has 0 aliphatic carbocycles. The van der Waals surface area contributed by atoms with Crippen molar-refractivity contribution in [3.63, 3.8) is 0 Å². The Morgan fingerprint density at radius 2 is 2.11 bits per heavy atom. The highest BCUT2D eigenvalue weighted by molar-refractivity contribution is 7.10. The average molecular weight is 394 g/mol. The number of thiophene rings is 1. The first-order chi connectivity index (χ1) is 13.6. The maximum Gasteiger partial charge on any atom is 0.352 e. The molecule has 0 bridgehead atoms. The zero-order valence-electron chi connectivity index (χ0n) is 15.0. The van der Waals surface area contributed by atoms with Gasteiger partial charge in [0.2, 0.25) is 0 Å². The molecule has 1 atom stereocenters. The van der Waals surface area contributed by atoms with Gasteiger partial charge in [0.25, 0.3) is 5.91 Å². The van der Waals surface area contributed by atoms with Crippen LogP contribution >= 0.6 is 11.3 Å². The molecule has 0 radical (unpaired) electrons. The van der Waals surface area contributed by atoms with Gasteiger partial charge >= 0.3 is 5.97 Å². The van der Waals surface area contributed by atoms with Crippen molar-refractivity contribution < 1.29 is 14.7 Å². The van der Waals surface area contributed by atoms with Crippen LogP contribution in [0.4, 0.5) is 11.5 Å². The van der Waals surface area contributed by atoms with Crippen LogP contribution in [0, 0.1) is 0 Å². The van der Waals surface area contributed by atoms with Crippen molar-refractivity contribution in [2.24, 2.45) is 0 Å². The maximum absolute atomic E-state index is 12.9. The van der Waals surface area contributed by atoms with Crippen LogP contribution in [0.5, 0.6) is 0 Å². The largest absolute Gasteiger partial charge is 0.477 e. The molecule has 1 amide bonds. The summed E-state index contributed by atoms with van der Waals surface area (Å²) in [5.41, 5.74) is 2.07. The molecule has 28 heavy (non-hydrogen) atoms. The zero-order chi connectivity index (χ0) is 19.7. The van der Waals surface area contributed by atoms with Gasteiger partial charge in [-0.1, -0.05) is 31.2 Å². The lowest BCUT2D eigenvalue weighted by molar-refractivity contribution is -0.132. The van der Waals surface area contributed by atoms with Crippen molar-refractivity contribution in [2.45, 2.75) is 19.4 Å². The topological polar surface area (TPSA) is 96.3 Å². The number of aryl methyl sites for hydroxylation is 1. The van der Waals surface area contributed by atoms with Gasteiger partial charge < -0.3 is 15.7 Å². The van der Waals surface area contributed by atoms with Crippen molar-refractivity contribution in [3.05, 3.63) is 75.8 Å². The number of amides is 1. The lowest BCUT2D eigenvalue weighted by Crippen LogP contribution is -2.25. The highest BCUT2D eigenvalue weighted by Crippen LogP contribution is 2.34. The third-order valence-electron chi connectivity index (χ3n) is 4.59. The van der Waals surface area contributed by atoms with E-state index in [-0.39, 0.29) is 17.6 Å². The van der Waals surface area contributed by atoms with E-state index in [1.54, 1.807) is 10.8 Å². The number of carbonyl (C=O) groups excluding carboxylic acids is 1. The number of fused-ring (bicyclic) bond motifs is 1. The first-order valence-corrected chi connectivity index (χ1v) is 9.68. The van der Waals surface area contributed by atoms with E-state index in [1.807, 2.05) is 48.7 Å². The number of rotatable bonds is 5. The van der Waals surface area contributed by atoms with Crippen LogP contribution in [0.2, 0.25) is 0 Å². The number of carboxylic acid groups (broad SMARTS) is 1. The number of aromatic nitrogens is 2. The van der Waals surface area contributed by atoms with Crippen molar-refractivity contribution in [3.8, 4) is 0 Å². The van der Waals surface area contributed by atoms with Gasteiger partial charge in [-0.05, 0) is 35.6 Å². The summed E-state index contributed by atoms with van der Waals surface area (Å²) in [4.78, 5) is 25.5. The number of anilines is 2. The van der Waals surface area contributed by atoms with Crippen LogP contribution in [0.1, 0.15) is 33.8 Å². The molecule has 3 heterocycles. The predicted molar refractivity (Wildman–Crippen MR) is 108 cm³/mol. The van der Waals surface area contributed by atoms with E-state index in [9.17, 15) is 14.7 Å². The lowest BCUT2D eigenvalue weighted by Gasteiger charge is -2.23. The second kappa shape index (κ2) is 7.32. The molecule has 0 saturated heterocycles. The van der Waals surface area contributed by atoms with Crippen LogP contribution < -0.4 is 10.6 Å². The quantitative estimate of drug-likeness (QED) is 0.613. The Kier molecular flexibility index (Phi) is 4.70. The minimum absolute atomic E-state index is 0.0226. The van der Waals surface area contributed by atoms with Gasteiger partial charge in [0, 0.05) is 10.6 Å². The first-order valence-electron chi connectivity index (χ1n) is 8.80. The highest BCUT2D eigenvalue weighted by atomic mass is 32.1. The fourth-order valence-corrected chi connectivity index (χ4v) is 3.97. The fourth-order valence-electron chi connectivity index (χ4n) is 3.19. The van der Waals surface area contributed by atoms with Gasteiger partial charge in [0.15, 0.2) is 0 Å². The molecule has 1 aliphatic heterocycles. The molecule has 0 saturated carbocycles. The minimum atomic E-state index is -1.09. The summed E-state index contributed by atoms with van der Waals surface area (Å²) in [5, 5.41) is 21.5. The number of nitrogens with zero attached hydrogens (tertiary/aromatic N) is 2. The number of carbonyl (C=O) groups is 2. The Morgan fingerprint density at radius 1 is 1.29 bits per heavy atom. The SMILES string of the molecule is CCc1ccccc1NC(=O)c1cnn2c1NC(C(=O)O)=C[C@H]2c1cccs1. The van der Waals surface area contributed by atoms with E-state index in [0.717, 1.165) is 22.5 Å². The molecule has 3 N–H and O–H groups in total. The number of benzene rings is 1. The average Bonchev–Trinajstić information content (AvgIpc) is 3.37. The van der Waals surface area contributed by atoms with E-state index in [1.165, 1.54) is 17.5 Å². The lowest BCUT2D eigenvalue weighted by atomic mass is 10.1. The monoisotopic (exact) mass is 394 g/mol. The second-order valence-electron chi connectivity index (χ2n) is 6.29. The summed E-state index contributed by atoms with van der Waals surface area (Å²) in [5.74, 6) is -1.06. The number of allylic oxidation sites excluding steroid dienone is 1. The van der Waals surface area contributed by atoms with Crippen molar-refractivity contribution in [2.75, 3.05) is 10.6 Å². The number of hydrogen-bond acceptors (Lipinski definition) is 5. The normalized spacial score (nSPS) is 15.3. The third kappa shape index (κ3) is 3.18. The predicted octanol–water partition coefficient (Wildman–Crippen LogP) is 3.74. The maximum atomic E-state index is 12.9. The molecule has 2 aromatic heterocycles. The van der Waals surface area contributed by atoms with E-state index >= 15 is 0 Å². The molecular formula is C20H18N4O3S. The van der Waals surface area contributed by atoms with E-state index < -0.39 is 5.97 Å². The minimum Gasteiger partial charge on any atom is -0.477 e. The van der Waals surface area contributed by atoms with E-state index in [4.69, 9.17) is 0 Å². The van der Waals surface area contributed by atoms with E-state index in [2.05, 4.69) is 15.7 Å². The third-order valence-corrected chi connectivity index (χ3v) is 5.54. The molecule has 142 valence electrons. The smallest absolute Gasteiger partial charge is 0.352 e.